The van der Waals surface area contributed by atoms with E-state index in [4.69, 9.17) is 36.0 Å². The number of aldehydes is 4. The molecule has 2 heterocycles. The Morgan fingerprint density at radius 2 is 1.41 bits per heavy atom. The van der Waals surface area contributed by atoms with Crippen molar-refractivity contribution in [2.24, 2.45) is 0 Å². The number of aliphatic hydroxyl groups is 2. The standard InChI is InChI=1S/C9H11ClO3.C7H13NO2.2C5H8O2/c10-7-1-3-9(4-2-7)13-6-8(12)5-11;1-2-7-3-9-5-8(7)6-10-4-7;2*6-4-2-1-3-5-7/h1-4,8,11-12H,5-6H2;2-6H2,1H3;2*4-5H,1-3H2. The molecule has 37 heavy (non-hydrogen) atoms. The van der Waals surface area contributed by atoms with E-state index in [2.05, 4.69) is 11.8 Å². The van der Waals surface area contributed by atoms with Crippen LogP contribution in [0.2, 0.25) is 5.02 Å². The van der Waals surface area contributed by atoms with Crippen molar-refractivity contribution < 1.29 is 43.6 Å². The molecule has 210 valence electrons. The van der Waals surface area contributed by atoms with Crippen LogP contribution in [0.1, 0.15) is 51.9 Å². The van der Waals surface area contributed by atoms with Crippen molar-refractivity contribution in [3.05, 3.63) is 29.3 Å². The number of aliphatic hydroxyl groups excluding tert-OH is 2. The molecule has 0 saturated carbocycles. The number of carbonyl (C=O) groups is 4. The van der Waals surface area contributed by atoms with Crippen molar-refractivity contribution >= 4 is 36.7 Å². The van der Waals surface area contributed by atoms with Gasteiger partial charge in [0.15, 0.2) is 0 Å². The molecule has 0 bridgehead atoms. The van der Waals surface area contributed by atoms with Crippen LogP contribution >= 0.6 is 11.6 Å². The molecular formula is C26H40ClNO9. The van der Waals surface area contributed by atoms with Gasteiger partial charge in [-0.05, 0) is 43.5 Å². The van der Waals surface area contributed by atoms with Gasteiger partial charge in [0, 0.05) is 30.7 Å². The van der Waals surface area contributed by atoms with E-state index in [9.17, 15) is 19.2 Å². The summed E-state index contributed by atoms with van der Waals surface area (Å²) in [5.41, 5.74) is 0.236. The lowest BCUT2D eigenvalue weighted by Gasteiger charge is -2.24. The Morgan fingerprint density at radius 1 is 0.946 bits per heavy atom. The number of carbonyl (C=O) groups excluding carboxylic acids is 4. The van der Waals surface area contributed by atoms with E-state index in [1.807, 2.05) is 0 Å². The Balaban J connectivity index is 0.000000486. The molecule has 11 heteroatoms. The summed E-state index contributed by atoms with van der Waals surface area (Å²) in [6.45, 7) is 5.19. The van der Waals surface area contributed by atoms with Gasteiger partial charge in [0.1, 0.15) is 57.1 Å². The van der Waals surface area contributed by atoms with E-state index < -0.39 is 6.10 Å². The second-order valence-corrected chi connectivity index (χ2v) is 8.64. The molecule has 10 nitrogen and oxygen atoms in total. The topological polar surface area (TPSA) is 140 Å². The zero-order chi connectivity index (χ0) is 27.8. The third kappa shape index (κ3) is 16.3. The molecule has 2 saturated heterocycles. The van der Waals surface area contributed by atoms with Gasteiger partial charge >= 0.3 is 0 Å². The number of nitrogens with zero attached hydrogens (tertiary/aromatic N) is 1. The van der Waals surface area contributed by atoms with Gasteiger partial charge in [0.2, 0.25) is 0 Å². The van der Waals surface area contributed by atoms with Crippen molar-refractivity contribution in [1.82, 2.24) is 4.90 Å². The third-order valence-electron chi connectivity index (χ3n) is 5.32. The van der Waals surface area contributed by atoms with Gasteiger partial charge in [0.25, 0.3) is 0 Å². The van der Waals surface area contributed by atoms with Crippen molar-refractivity contribution in [2.75, 3.05) is 39.9 Å². The maximum Gasteiger partial charge on any atom is 0.120 e. The number of ether oxygens (including phenoxy) is 3. The summed E-state index contributed by atoms with van der Waals surface area (Å²) in [5, 5.41) is 18.1. The van der Waals surface area contributed by atoms with Crippen LogP contribution in [0.15, 0.2) is 24.3 Å². The Kier molecular flexibility index (Phi) is 21.6. The van der Waals surface area contributed by atoms with E-state index in [0.717, 1.165) is 58.2 Å². The lowest BCUT2D eigenvalue weighted by molar-refractivity contribution is -0.110. The van der Waals surface area contributed by atoms with Crippen molar-refractivity contribution in [3.63, 3.8) is 0 Å². The largest absolute Gasteiger partial charge is 0.491 e. The maximum atomic E-state index is 9.56. The van der Waals surface area contributed by atoms with Gasteiger partial charge in [-0.2, -0.15) is 0 Å². The highest BCUT2D eigenvalue weighted by molar-refractivity contribution is 6.30. The summed E-state index contributed by atoms with van der Waals surface area (Å²) < 4.78 is 15.8. The smallest absolute Gasteiger partial charge is 0.120 e. The molecular weight excluding hydrogens is 506 g/mol. The van der Waals surface area contributed by atoms with Gasteiger partial charge < -0.3 is 43.6 Å². The Morgan fingerprint density at radius 3 is 1.76 bits per heavy atom. The molecule has 3 rings (SSSR count). The van der Waals surface area contributed by atoms with Crippen LogP contribution in [0.4, 0.5) is 0 Å². The van der Waals surface area contributed by atoms with E-state index in [1.54, 1.807) is 24.3 Å². The quantitative estimate of drug-likeness (QED) is 0.281. The fourth-order valence-corrected chi connectivity index (χ4v) is 3.13. The SMILES string of the molecule is CCC12COCN1COC2.O=CCCCC=O.O=CCCCC=O.OCC(O)COc1ccc(Cl)cc1. The lowest BCUT2D eigenvalue weighted by Crippen LogP contribution is -2.42. The Bertz CT molecular complexity index is 689. The number of hydrogen-bond acceptors (Lipinski definition) is 10. The normalized spacial score (nSPS) is 15.8. The van der Waals surface area contributed by atoms with Crippen LogP contribution in [0.5, 0.6) is 5.75 Å². The van der Waals surface area contributed by atoms with Crippen molar-refractivity contribution in [3.8, 4) is 5.75 Å². The maximum absolute atomic E-state index is 9.56. The fraction of sp³-hybridized carbons (Fsp3) is 0.615. The molecule has 1 aromatic rings. The number of fused-ring (bicyclic) bond motifs is 1. The first-order valence-electron chi connectivity index (χ1n) is 12.2. The molecule has 0 aromatic heterocycles. The molecule has 2 aliphatic rings. The Hall–Kier alpha value is -2.21. The number of unbranched alkanes of at least 4 members (excludes halogenated alkanes) is 4. The van der Waals surface area contributed by atoms with E-state index in [-0.39, 0.29) is 18.8 Å². The van der Waals surface area contributed by atoms with Gasteiger partial charge in [-0.3, -0.25) is 0 Å². The molecule has 1 unspecified atom stereocenters. The molecule has 1 aromatic carbocycles. The minimum absolute atomic E-state index is 0.0815. The lowest BCUT2D eigenvalue weighted by atomic mass is 9.99. The molecule has 0 aliphatic carbocycles. The molecule has 1 atom stereocenters. The highest BCUT2D eigenvalue weighted by Crippen LogP contribution is 2.30. The number of hydrogen-bond donors (Lipinski definition) is 2. The van der Waals surface area contributed by atoms with E-state index in [1.165, 1.54) is 0 Å². The zero-order valence-corrected chi connectivity index (χ0v) is 22.2. The summed E-state index contributed by atoms with van der Waals surface area (Å²) in [6, 6.07) is 6.79. The van der Waals surface area contributed by atoms with Crippen LogP contribution in [0.3, 0.4) is 0 Å². The van der Waals surface area contributed by atoms with Crippen LogP contribution in [0.25, 0.3) is 0 Å². The second-order valence-electron chi connectivity index (χ2n) is 8.20. The van der Waals surface area contributed by atoms with Crippen LogP contribution < -0.4 is 4.74 Å². The Labute approximate surface area is 223 Å². The summed E-state index contributed by atoms with van der Waals surface area (Å²) in [4.78, 5) is 40.5. The highest BCUT2D eigenvalue weighted by Gasteiger charge is 2.44. The zero-order valence-electron chi connectivity index (χ0n) is 21.5. The van der Waals surface area contributed by atoms with Gasteiger partial charge in [-0.1, -0.05) is 18.5 Å². The molecule has 2 fully saturated rings. The van der Waals surface area contributed by atoms with Crippen LogP contribution in [-0.2, 0) is 28.7 Å². The fourth-order valence-electron chi connectivity index (χ4n) is 3.00. The minimum Gasteiger partial charge on any atom is -0.491 e. The predicted octanol–water partition coefficient (Wildman–Crippen LogP) is 2.59. The summed E-state index contributed by atoms with van der Waals surface area (Å²) in [5.74, 6) is 0.622. The second kappa shape index (κ2) is 22.9. The predicted molar refractivity (Wildman–Crippen MR) is 138 cm³/mol. The van der Waals surface area contributed by atoms with Crippen LogP contribution in [0, 0.1) is 0 Å². The molecule has 0 radical (unpaired) electrons. The summed E-state index contributed by atoms with van der Waals surface area (Å²) >= 11 is 5.66. The van der Waals surface area contributed by atoms with Crippen molar-refractivity contribution in [2.45, 2.75) is 63.5 Å². The molecule has 2 aliphatic heterocycles. The average molecular weight is 546 g/mol. The first-order valence-corrected chi connectivity index (χ1v) is 12.6. The minimum atomic E-state index is -0.837. The number of halogens is 1. The number of benzene rings is 1. The summed E-state index contributed by atoms with van der Waals surface area (Å²) in [7, 11) is 0. The summed E-state index contributed by atoms with van der Waals surface area (Å²) in [6.07, 6.45) is 7.04. The highest BCUT2D eigenvalue weighted by atomic mass is 35.5. The van der Waals surface area contributed by atoms with Crippen LogP contribution in [-0.4, -0.2) is 91.8 Å². The third-order valence-corrected chi connectivity index (χ3v) is 5.57. The molecule has 2 N–H and O–H groups in total. The van der Waals surface area contributed by atoms with Crippen molar-refractivity contribution in [1.29, 1.82) is 0 Å². The van der Waals surface area contributed by atoms with Gasteiger partial charge in [-0.25, -0.2) is 4.90 Å². The van der Waals surface area contributed by atoms with Gasteiger partial charge in [-0.15, -0.1) is 0 Å². The average Bonchev–Trinajstić information content (AvgIpc) is 3.51. The first kappa shape index (κ1) is 34.8. The molecule has 0 amide bonds. The van der Waals surface area contributed by atoms with Gasteiger partial charge in [0.05, 0.1) is 25.4 Å². The monoisotopic (exact) mass is 545 g/mol. The van der Waals surface area contributed by atoms with E-state index >= 15 is 0 Å². The first-order chi connectivity index (χ1) is 17.9. The van der Waals surface area contributed by atoms with E-state index in [0.29, 0.717) is 49.3 Å². The molecule has 0 spiro atoms. The number of rotatable bonds is 13.